The Morgan fingerprint density at radius 1 is 1.56 bits per heavy atom. The summed E-state index contributed by atoms with van der Waals surface area (Å²) in [5.41, 5.74) is 0. The molecule has 3 nitrogen and oxygen atoms in total. The first-order valence-electron chi connectivity index (χ1n) is 3.26. The van der Waals surface area contributed by atoms with E-state index in [9.17, 15) is 0 Å². The predicted molar refractivity (Wildman–Crippen MR) is 35.7 cm³/mol. The van der Waals surface area contributed by atoms with E-state index < -0.39 is 0 Å². The Bertz CT molecular complexity index is 97.1. The summed E-state index contributed by atoms with van der Waals surface area (Å²) in [5, 5.41) is 1.80. The van der Waals surface area contributed by atoms with Crippen LogP contribution in [0.4, 0.5) is 0 Å². The van der Waals surface area contributed by atoms with Crippen LogP contribution in [0.1, 0.15) is 6.92 Å². The molecular weight excluding hydrogens is 116 g/mol. The van der Waals surface area contributed by atoms with E-state index in [2.05, 4.69) is 6.92 Å². The Hall–Kier alpha value is -0.120. The molecule has 1 rings (SSSR count). The average molecular weight is 130 g/mol. The highest BCUT2D eigenvalue weighted by Gasteiger charge is 2.26. The molecule has 54 valence electrons. The Balaban J connectivity index is 2.38. The van der Waals surface area contributed by atoms with E-state index in [1.54, 1.807) is 12.1 Å². The molecule has 1 fully saturated rings. The lowest BCUT2D eigenvalue weighted by atomic mass is 10.1. The molecule has 2 N–H and O–H groups in total. The van der Waals surface area contributed by atoms with Crippen LogP contribution < -0.4 is 5.84 Å². The van der Waals surface area contributed by atoms with Crippen LogP contribution in [-0.4, -0.2) is 31.3 Å². The van der Waals surface area contributed by atoms with Gasteiger partial charge in [-0.1, -0.05) is 6.92 Å². The molecule has 3 heteroatoms. The van der Waals surface area contributed by atoms with Crippen LogP contribution in [0.2, 0.25) is 0 Å². The van der Waals surface area contributed by atoms with Gasteiger partial charge in [-0.3, -0.25) is 5.84 Å². The van der Waals surface area contributed by atoms with Gasteiger partial charge in [-0.2, -0.15) is 0 Å². The van der Waals surface area contributed by atoms with E-state index in [-0.39, 0.29) is 0 Å². The number of ether oxygens (including phenoxy) is 1. The summed E-state index contributed by atoms with van der Waals surface area (Å²) in [6, 6.07) is 0. The third-order valence-electron chi connectivity index (χ3n) is 1.87. The highest BCUT2D eigenvalue weighted by molar-refractivity contribution is 4.78. The zero-order valence-electron chi connectivity index (χ0n) is 6.00. The van der Waals surface area contributed by atoms with Gasteiger partial charge in [0.2, 0.25) is 0 Å². The maximum atomic E-state index is 5.54. The van der Waals surface area contributed by atoms with Crippen molar-refractivity contribution in [1.82, 2.24) is 5.01 Å². The van der Waals surface area contributed by atoms with Crippen LogP contribution >= 0.6 is 0 Å². The average Bonchev–Trinajstić information content (AvgIpc) is 2.10. The molecule has 0 aromatic heterocycles. The summed E-state index contributed by atoms with van der Waals surface area (Å²) < 4.78 is 5.17. The van der Waals surface area contributed by atoms with Gasteiger partial charge < -0.3 is 4.74 Å². The van der Waals surface area contributed by atoms with E-state index in [0.717, 1.165) is 13.1 Å². The number of methoxy groups -OCH3 is 1. The van der Waals surface area contributed by atoms with Gasteiger partial charge in [-0.25, -0.2) is 5.01 Å². The second kappa shape index (κ2) is 2.64. The molecule has 0 aromatic rings. The summed E-state index contributed by atoms with van der Waals surface area (Å²) in [7, 11) is 1.74. The fraction of sp³-hybridized carbons (Fsp3) is 1.00. The third kappa shape index (κ3) is 1.41. The van der Waals surface area contributed by atoms with Crippen LogP contribution in [0.15, 0.2) is 0 Å². The second-order valence-corrected chi connectivity index (χ2v) is 2.71. The molecule has 1 aliphatic rings. The van der Waals surface area contributed by atoms with Crippen LogP contribution in [0, 0.1) is 5.92 Å². The number of hydrogen-bond acceptors (Lipinski definition) is 3. The van der Waals surface area contributed by atoms with Crippen LogP contribution in [0.5, 0.6) is 0 Å². The largest absolute Gasteiger partial charge is 0.380 e. The maximum absolute atomic E-state index is 5.54. The summed E-state index contributed by atoms with van der Waals surface area (Å²) in [5.74, 6) is 6.13. The van der Waals surface area contributed by atoms with Gasteiger partial charge in [0.15, 0.2) is 0 Å². The van der Waals surface area contributed by atoms with E-state index >= 15 is 0 Å². The minimum atomic E-state index is 0.343. The molecule has 2 atom stereocenters. The van der Waals surface area contributed by atoms with Gasteiger partial charge in [0.05, 0.1) is 6.10 Å². The van der Waals surface area contributed by atoms with E-state index in [0.29, 0.717) is 12.0 Å². The fourth-order valence-electron chi connectivity index (χ4n) is 1.28. The number of nitrogens with two attached hydrogens (primary N) is 1. The van der Waals surface area contributed by atoms with Crippen molar-refractivity contribution in [3.63, 3.8) is 0 Å². The zero-order valence-corrected chi connectivity index (χ0v) is 6.00. The normalized spacial score (nSPS) is 37.7. The molecule has 9 heavy (non-hydrogen) atoms. The topological polar surface area (TPSA) is 38.5 Å². The minimum Gasteiger partial charge on any atom is -0.380 e. The summed E-state index contributed by atoms with van der Waals surface area (Å²) >= 11 is 0. The van der Waals surface area contributed by atoms with Crippen molar-refractivity contribution in [1.29, 1.82) is 0 Å². The first-order valence-corrected chi connectivity index (χ1v) is 3.26. The van der Waals surface area contributed by atoms with E-state index in [1.165, 1.54) is 0 Å². The van der Waals surface area contributed by atoms with Gasteiger partial charge in [-0.05, 0) is 5.92 Å². The molecule has 0 saturated carbocycles. The van der Waals surface area contributed by atoms with Crippen molar-refractivity contribution in [2.24, 2.45) is 11.8 Å². The Labute approximate surface area is 55.7 Å². The van der Waals surface area contributed by atoms with Crippen LogP contribution in [0.25, 0.3) is 0 Å². The molecule has 0 aromatic carbocycles. The second-order valence-electron chi connectivity index (χ2n) is 2.71. The summed E-state index contributed by atoms with van der Waals surface area (Å²) in [4.78, 5) is 0. The SMILES string of the molecule is CO[C@H]1CN(N)C[C@@H]1C. The van der Waals surface area contributed by atoms with Crippen molar-refractivity contribution in [2.75, 3.05) is 20.2 Å². The molecule has 0 aliphatic carbocycles. The molecule has 0 bridgehead atoms. The molecule has 0 radical (unpaired) electrons. The Kier molecular flexibility index (Phi) is 2.05. The Morgan fingerprint density at radius 2 is 2.22 bits per heavy atom. The standard InChI is InChI=1S/C6H14N2O/c1-5-3-8(7)4-6(5)9-2/h5-6H,3-4,7H2,1-2H3/t5-,6-/m0/s1. The lowest BCUT2D eigenvalue weighted by molar-refractivity contribution is 0.0838. The van der Waals surface area contributed by atoms with E-state index in [1.807, 2.05) is 0 Å². The molecular formula is C6H14N2O. The number of rotatable bonds is 1. The van der Waals surface area contributed by atoms with Crippen LogP contribution in [-0.2, 0) is 4.74 Å². The van der Waals surface area contributed by atoms with Crippen molar-refractivity contribution in [3.05, 3.63) is 0 Å². The Morgan fingerprint density at radius 3 is 2.44 bits per heavy atom. The van der Waals surface area contributed by atoms with Crippen LogP contribution in [0.3, 0.4) is 0 Å². The molecule has 1 aliphatic heterocycles. The van der Waals surface area contributed by atoms with Crippen molar-refractivity contribution in [2.45, 2.75) is 13.0 Å². The first-order chi connectivity index (χ1) is 4.24. The fourth-order valence-corrected chi connectivity index (χ4v) is 1.28. The third-order valence-corrected chi connectivity index (χ3v) is 1.87. The van der Waals surface area contributed by atoms with E-state index in [4.69, 9.17) is 10.6 Å². The number of hydrazine groups is 1. The summed E-state index contributed by atoms with van der Waals surface area (Å²) in [6.45, 7) is 3.98. The van der Waals surface area contributed by atoms with Gasteiger partial charge in [-0.15, -0.1) is 0 Å². The zero-order chi connectivity index (χ0) is 6.85. The monoisotopic (exact) mass is 130 g/mol. The lowest BCUT2D eigenvalue weighted by Crippen LogP contribution is -2.29. The number of hydrogen-bond donors (Lipinski definition) is 1. The van der Waals surface area contributed by atoms with Crippen molar-refractivity contribution in [3.8, 4) is 0 Å². The smallest absolute Gasteiger partial charge is 0.0750 e. The van der Waals surface area contributed by atoms with Gasteiger partial charge in [0.25, 0.3) is 0 Å². The molecule has 0 spiro atoms. The van der Waals surface area contributed by atoms with Crippen molar-refractivity contribution < 1.29 is 4.74 Å². The number of nitrogens with zero attached hydrogens (tertiary/aromatic N) is 1. The minimum absolute atomic E-state index is 0.343. The van der Waals surface area contributed by atoms with Gasteiger partial charge >= 0.3 is 0 Å². The van der Waals surface area contributed by atoms with Crippen molar-refractivity contribution >= 4 is 0 Å². The predicted octanol–water partition coefficient (Wildman–Crippen LogP) is -0.173. The quantitative estimate of drug-likeness (QED) is 0.501. The molecule has 0 amide bonds. The summed E-state index contributed by atoms with van der Waals surface area (Å²) in [6.07, 6.45) is 0.343. The molecule has 0 unspecified atom stereocenters. The highest BCUT2D eigenvalue weighted by Crippen LogP contribution is 2.14. The molecule has 1 heterocycles. The lowest BCUT2D eigenvalue weighted by Gasteiger charge is -2.09. The van der Waals surface area contributed by atoms with Gasteiger partial charge in [0.1, 0.15) is 0 Å². The highest BCUT2D eigenvalue weighted by atomic mass is 16.5. The van der Waals surface area contributed by atoms with Gasteiger partial charge in [0, 0.05) is 20.2 Å². The maximum Gasteiger partial charge on any atom is 0.0750 e. The first kappa shape index (κ1) is 6.99. The molecule has 1 saturated heterocycles.